The number of hydrogen-bond donors (Lipinski definition) is 1. The maximum atomic E-state index is 11.5. The van der Waals surface area contributed by atoms with E-state index in [1.54, 1.807) is 31.3 Å². The van der Waals surface area contributed by atoms with E-state index in [2.05, 4.69) is 0 Å². The van der Waals surface area contributed by atoms with Gasteiger partial charge in [0.2, 0.25) is 0 Å². The molecule has 1 rings (SSSR count). The van der Waals surface area contributed by atoms with Crippen LogP contribution < -0.4 is 9.64 Å². The van der Waals surface area contributed by atoms with Crippen LogP contribution in [0, 0.1) is 0 Å². The molecular formula is C12H17NO3. The number of amides is 1. The average molecular weight is 223 g/mol. The van der Waals surface area contributed by atoms with E-state index in [9.17, 15) is 9.90 Å². The van der Waals surface area contributed by atoms with E-state index in [4.69, 9.17) is 4.74 Å². The van der Waals surface area contributed by atoms with Crippen molar-refractivity contribution in [2.75, 3.05) is 18.6 Å². The third kappa shape index (κ3) is 2.97. The Kier molecular flexibility index (Phi) is 4.31. The molecule has 1 N–H and O–H groups in total. The smallest absolute Gasteiger partial charge is 0.255 e. The highest BCUT2D eigenvalue weighted by Gasteiger charge is 2.15. The van der Waals surface area contributed by atoms with Gasteiger partial charge in [0.15, 0.2) is 0 Å². The summed E-state index contributed by atoms with van der Waals surface area (Å²) in [6.07, 6.45) is -0.989. The first kappa shape index (κ1) is 12.5. The lowest BCUT2D eigenvalue weighted by Gasteiger charge is -2.19. The molecule has 0 saturated carbocycles. The quantitative estimate of drug-likeness (QED) is 0.840. The Labute approximate surface area is 95.5 Å². The van der Waals surface area contributed by atoms with Crippen LogP contribution in [-0.4, -0.2) is 30.8 Å². The van der Waals surface area contributed by atoms with E-state index in [1.165, 1.54) is 11.8 Å². The van der Waals surface area contributed by atoms with Crippen LogP contribution in [0.3, 0.4) is 0 Å². The summed E-state index contributed by atoms with van der Waals surface area (Å²) in [4.78, 5) is 12.9. The molecule has 1 aromatic carbocycles. The molecule has 0 radical (unpaired) electrons. The summed E-state index contributed by atoms with van der Waals surface area (Å²) < 4.78 is 5.30. The summed E-state index contributed by atoms with van der Waals surface area (Å²) in [6.45, 7) is 3.98. The fourth-order valence-electron chi connectivity index (χ4n) is 1.34. The van der Waals surface area contributed by atoms with Crippen molar-refractivity contribution in [1.29, 1.82) is 0 Å². The normalized spacial score (nSPS) is 12.0. The van der Waals surface area contributed by atoms with Gasteiger partial charge in [-0.25, -0.2) is 0 Å². The first-order valence-corrected chi connectivity index (χ1v) is 5.24. The summed E-state index contributed by atoms with van der Waals surface area (Å²) in [5.41, 5.74) is 0.731. The Morgan fingerprint density at radius 1 is 1.44 bits per heavy atom. The van der Waals surface area contributed by atoms with Gasteiger partial charge in [0.05, 0.1) is 6.61 Å². The third-order valence-electron chi connectivity index (χ3n) is 2.22. The van der Waals surface area contributed by atoms with E-state index in [-0.39, 0.29) is 5.91 Å². The zero-order valence-electron chi connectivity index (χ0n) is 9.80. The van der Waals surface area contributed by atoms with Crippen molar-refractivity contribution >= 4 is 11.6 Å². The highest BCUT2D eigenvalue weighted by Crippen LogP contribution is 2.18. The molecule has 0 heterocycles. The van der Waals surface area contributed by atoms with Crippen molar-refractivity contribution in [2.45, 2.75) is 20.0 Å². The number of aliphatic hydroxyl groups excluding tert-OH is 1. The predicted molar refractivity (Wildman–Crippen MR) is 62.7 cm³/mol. The van der Waals surface area contributed by atoms with Gasteiger partial charge >= 0.3 is 0 Å². The molecule has 0 aliphatic carbocycles. The fraction of sp³-hybridized carbons (Fsp3) is 0.417. The number of ether oxygens (including phenoxy) is 1. The third-order valence-corrected chi connectivity index (χ3v) is 2.22. The van der Waals surface area contributed by atoms with Crippen molar-refractivity contribution in [3.63, 3.8) is 0 Å². The number of hydrogen-bond acceptors (Lipinski definition) is 3. The zero-order chi connectivity index (χ0) is 12.1. The van der Waals surface area contributed by atoms with Gasteiger partial charge in [-0.3, -0.25) is 4.79 Å². The van der Waals surface area contributed by atoms with Gasteiger partial charge < -0.3 is 14.7 Å². The van der Waals surface area contributed by atoms with E-state index in [0.29, 0.717) is 6.61 Å². The van der Waals surface area contributed by atoms with Crippen LogP contribution in [0.4, 0.5) is 5.69 Å². The topological polar surface area (TPSA) is 49.8 Å². The van der Waals surface area contributed by atoms with Gasteiger partial charge in [0.25, 0.3) is 5.91 Å². The summed E-state index contributed by atoms with van der Waals surface area (Å²) in [6, 6.07) is 7.16. The van der Waals surface area contributed by atoms with Crippen molar-refractivity contribution in [2.24, 2.45) is 0 Å². The summed E-state index contributed by atoms with van der Waals surface area (Å²) >= 11 is 0. The van der Waals surface area contributed by atoms with Crippen LogP contribution >= 0.6 is 0 Å². The minimum absolute atomic E-state index is 0.329. The van der Waals surface area contributed by atoms with Gasteiger partial charge in [-0.2, -0.15) is 0 Å². The van der Waals surface area contributed by atoms with Crippen molar-refractivity contribution in [1.82, 2.24) is 0 Å². The molecule has 0 saturated heterocycles. The number of anilines is 1. The maximum absolute atomic E-state index is 11.5. The lowest BCUT2D eigenvalue weighted by atomic mass is 10.2. The molecule has 4 nitrogen and oxygen atoms in total. The Balaban J connectivity index is 2.77. The number of aliphatic hydroxyl groups is 1. The molecule has 1 unspecified atom stereocenters. The number of carbonyl (C=O) groups is 1. The van der Waals surface area contributed by atoms with Gasteiger partial charge in [-0.15, -0.1) is 0 Å². The van der Waals surface area contributed by atoms with Gasteiger partial charge in [-0.05, 0) is 38.1 Å². The number of likely N-dealkylation sites (N-methyl/N-ethyl adjacent to an activating group) is 1. The number of rotatable bonds is 4. The van der Waals surface area contributed by atoms with Crippen molar-refractivity contribution in [3.05, 3.63) is 24.3 Å². The second-order valence-corrected chi connectivity index (χ2v) is 3.50. The Hall–Kier alpha value is -1.55. The van der Waals surface area contributed by atoms with Crippen LogP contribution in [0.5, 0.6) is 5.75 Å². The largest absolute Gasteiger partial charge is 0.494 e. The second-order valence-electron chi connectivity index (χ2n) is 3.50. The molecule has 1 atom stereocenters. The van der Waals surface area contributed by atoms with Gasteiger partial charge in [0, 0.05) is 12.7 Å². The Morgan fingerprint density at radius 2 is 2.00 bits per heavy atom. The lowest BCUT2D eigenvalue weighted by molar-refractivity contribution is -0.125. The highest BCUT2D eigenvalue weighted by atomic mass is 16.5. The minimum atomic E-state index is -0.989. The van der Waals surface area contributed by atoms with Gasteiger partial charge in [-0.1, -0.05) is 0 Å². The molecular weight excluding hydrogens is 206 g/mol. The lowest BCUT2D eigenvalue weighted by Crippen LogP contribution is -2.34. The number of benzene rings is 1. The molecule has 1 aromatic rings. The molecule has 0 aliphatic heterocycles. The molecule has 0 spiro atoms. The maximum Gasteiger partial charge on any atom is 0.255 e. The van der Waals surface area contributed by atoms with Crippen LogP contribution in [0.15, 0.2) is 24.3 Å². The number of nitrogens with zero attached hydrogens (tertiary/aromatic N) is 1. The monoisotopic (exact) mass is 223 g/mol. The van der Waals surface area contributed by atoms with E-state index in [0.717, 1.165) is 11.4 Å². The van der Waals surface area contributed by atoms with Crippen LogP contribution in [0.2, 0.25) is 0 Å². The molecule has 88 valence electrons. The molecule has 1 amide bonds. The van der Waals surface area contributed by atoms with Crippen molar-refractivity contribution in [3.8, 4) is 5.75 Å². The molecule has 0 fully saturated rings. The summed E-state index contributed by atoms with van der Waals surface area (Å²) in [5, 5.41) is 9.18. The molecule has 0 aliphatic rings. The fourth-order valence-corrected chi connectivity index (χ4v) is 1.34. The van der Waals surface area contributed by atoms with E-state index < -0.39 is 6.10 Å². The molecule has 0 bridgehead atoms. The van der Waals surface area contributed by atoms with E-state index in [1.807, 2.05) is 6.92 Å². The molecule has 4 heteroatoms. The predicted octanol–water partition coefficient (Wildman–Crippen LogP) is 1.43. The zero-order valence-corrected chi connectivity index (χ0v) is 9.80. The first-order valence-electron chi connectivity index (χ1n) is 5.24. The second kappa shape index (κ2) is 5.51. The SMILES string of the molecule is CCOc1ccc(N(C)C(=O)C(C)O)cc1. The summed E-state index contributed by atoms with van der Waals surface area (Å²) in [7, 11) is 1.63. The molecule has 0 aromatic heterocycles. The van der Waals surface area contributed by atoms with E-state index >= 15 is 0 Å². The first-order chi connectivity index (χ1) is 7.56. The average Bonchev–Trinajstić information content (AvgIpc) is 2.28. The standard InChI is InChI=1S/C12H17NO3/c1-4-16-11-7-5-10(6-8-11)13(3)12(15)9(2)14/h5-9,14H,4H2,1-3H3. The van der Waals surface area contributed by atoms with Crippen LogP contribution in [0.1, 0.15) is 13.8 Å². The van der Waals surface area contributed by atoms with Crippen LogP contribution in [-0.2, 0) is 4.79 Å². The minimum Gasteiger partial charge on any atom is -0.494 e. The number of carbonyl (C=O) groups excluding carboxylic acids is 1. The van der Waals surface area contributed by atoms with Crippen LogP contribution in [0.25, 0.3) is 0 Å². The highest BCUT2D eigenvalue weighted by molar-refractivity contribution is 5.95. The Bertz CT molecular complexity index is 346. The molecule has 16 heavy (non-hydrogen) atoms. The summed E-state index contributed by atoms with van der Waals surface area (Å²) in [5.74, 6) is 0.438. The Morgan fingerprint density at radius 3 is 2.44 bits per heavy atom. The van der Waals surface area contributed by atoms with Gasteiger partial charge in [0.1, 0.15) is 11.9 Å². The van der Waals surface area contributed by atoms with Crippen molar-refractivity contribution < 1.29 is 14.6 Å².